The Hall–Kier alpha value is -2.30. The van der Waals surface area contributed by atoms with Gasteiger partial charge in [0.25, 0.3) is 0 Å². The average molecular weight is 400 g/mol. The van der Waals surface area contributed by atoms with Gasteiger partial charge in [-0.05, 0) is 63.2 Å². The second kappa shape index (κ2) is 8.80. The monoisotopic (exact) mass is 399 g/mol. The van der Waals surface area contributed by atoms with Crippen molar-refractivity contribution < 1.29 is 9.15 Å². The van der Waals surface area contributed by atoms with E-state index in [2.05, 4.69) is 11.0 Å². The molecule has 3 aromatic rings. The summed E-state index contributed by atoms with van der Waals surface area (Å²) in [5, 5.41) is 0.626. The summed E-state index contributed by atoms with van der Waals surface area (Å²) in [5.41, 5.74) is 3.34. The van der Waals surface area contributed by atoms with E-state index in [1.165, 1.54) is 19.3 Å². The molecule has 0 bridgehead atoms. The fourth-order valence-electron chi connectivity index (χ4n) is 3.91. The fraction of sp³-hybridized carbons (Fsp3) is 0.348. The number of para-hydroxylation sites is 1. The van der Waals surface area contributed by atoms with Gasteiger partial charge in [0.2, 0.25) is 0 Å². The Kier molecular flexibility index (Phi) is 6.42. The minimum atomic E-state index is 0. The zero-order valence-corrected chi connectivity index (χ0v) is 17.2. The van der Waals surface area contributed by atoms with Gasteiger partial charge in [0.05, 0.1) is 12.5 Å². The predicted octanol–water partition coefficient (Wildman–Crippen LogP) is 5.18. The van der Waals surface area contributed by atoms with Crippen LogP contribution >= 0.6 is 12.4 Å². The van der Waals surface area contributed by atoms with Gasteiger partial charge in [0.1, 0.15) is 17.1 Å². The van der Waals surface area contributed by atoms with Crippen molar-refractivity contribution in [3.8, 4) is 17.1 Å². The van der Waals surface area contributed by atoms with Crippen LogP contribution in [0.4, 0.5) is 0 Å². The van der Waals surface area contributed by atoms with Crippen molar-refractivity contribution in [3.63, 3.8) is 0 Å². The molecule has 4 nitrogen and oxygen atoms in total. The quantitative estimate of drug-likeness (QED) is 0.605. The van der Waals surface area contributed by atoms with E-state index in [0.717, 1.165) is 36.5 Å². The molecule has 148 valence electrons. The van der Waals surface area contributed by atoms with E-state index in [0.29, 0.717) is 22.3 Å². The molecule has 4 rings (SSSR count). The van der Waals surface area contributed by atoms with Crippen molar-refractivity contribution in [2.75, 3.05) is 20.2 Å². The number of halogens is 1. The second-order valence-corrected chi connectivity index (χ2v) is 7.24. The van der Waals surface area contributed by atoms with E-state index in [1.54, 1.807) is 7.11 Å². The van der Waals surface area contributed by atoms with E-state index in [1.807, 2.05) is 43.3 Å². The lowest BCUT2D eigenvalue weighted by molar-refractivity contribution is 0.218. The lowest BCUT2D eigenvalue weighted by atomic mass is 10.0. The molecular formula is C23H26ClNO3. The highest BCUT2D eigenvalue weighted by Gasteiger charge is 2.17. The first-order chi connectivity index (χ1) is 13.2. The second-order valence-electron chi connectivity index (χ2n) is 7.24. The normalized spacial score (nSPS) is 14.6. The van der Waals surface area contributed by atoms with Crippen LogP contribution in [0.3, 0.4) is 0 Å². The predicted molar refractivity (Wildman–Crippen MR) is 116 cm³/mol. The minimum Gasteiger partial charge on any atom is -0.496 e. The average Bonchev–Trinajstić information content (AvgIpc) is 2.71. The number of ether oxygens (including phenoxy) is 1. The number of likely N-dealkylation sites (tertiary alicyclic amines) is 1. The molecule has 0 spiro atoms. The van der Waals surface area contributed by atoms with Gasteiger partial charge in [-0.3, -0.25) is 9.69 Å². The molecule has 0 atom stereocenters. The molecule has 1 aromatic heterocycles. The highest BCUT2D eigenvalue weighted by Crippen LogP contribution is 2.31. The van der Waals surface area contributed by atoms with E-state index in [4.69, 9.17) is 9.15 Å². The standard InChI is InChI=1S/C23H25NO3.ClH/c1-16-22(25)19-8-4-5-9-21(19)27-23(16)17-10-11-20(26-2)18(14-17)15-24-12-6-3-7-13-24;/h4-5,8-11,14H,3,6-7,12-13,15H2,1-2H3;1H. The first kappa shape index (κ1) is 20.4. The molecule has 1 aliphatic heterocycles. The van der Waals surface area contributed by atoms with Gasteiger partial charge < -0.3 is 9.15 Å². The number of fused-ring (bicyclic) bond motifs is 1. The lowest BCUT2D eigenvalue weighted by Gasteiger charge is -2.27. The first-order valence-electron chi connectivity index (χ1n) is 9.59. The van der Waals surface area contributed by atoms with Crippen LogP contribution in [0.1, 0.15) is 30.4 Å². The van der Waals surface area contributed by atoms with Crippen LogP contribution in [0.5, 0.6) is 5.75 Å². The molecule has 2 aromatic carbocycles. The molecule has 0 radical (unpaired) electrons. The third-order valence-electron chi connectivity index (χ3n) is 5.41. The zero-order valence-electron chi connectivity index (χ0n) is 16.4. The summed E-state index contributed by atoms with van der Waals surface area (Å²) in [6, 6.07) is 13.5. The van der Waals surface area contributed by atoms with Crippen molar-refractivity contribution in [2.45, 2.75) is 32.7 Å². The maximum absolute atomic E-state index is 12.8. The molecule has 1 aliphatic rings. The van der Waals surface area contributed by atoms with Crippen molar-refractivity contribution in [3.05, 3.63) is 63.8 Å². The molecule has 1 fully saturated rings. The van der Waals surface area contributed by atoms with Gasteiger partial charge in [-0.25, -0.2) is 0 Å². The Bertz CT molecular complexity index is 1020. The summed E-state index contributed by atoms with van der Waals surface area (Å²) < 4.78 is 11.7. The number of hydrogen-bond donors (Lipinski definition) is 0. The Morgan fingerprint density at radius 1 is 1.07 bits per heavy atom. The smallest absolute Gasteiger partial charge is 0.196 e. The zero-order chi connectivity index (χ0) is 18.8. The Morgan fingerprint density at radius 3 is 2.57 bits per heavy atom. The van der Waals surface area contributed by atoms with Crippen LogP contribution in [0.2, 0.25) is 0 Å². The van der Waals surface area contributed by atoms with Crippen LogP contribution in [-0.2, 0) is 6.54 Å². The number of methoxy groups -OCH3 is 1. The van der Waals surface area contributed by atoms with Crippen LogP contribution in [0.15, 0.2) is 51.7 Å². The summed E-state index contributed by atoms with van der Waals surface area (Å²) in [5.74, 6) is 1.52. The molecule has 28 heavy (non-hydrogen) atoms. The van der Waals surface area contributed by atoms with Crippen molar-refractivity contribution >= 4 is 23.4 Å². The largest absolute Gasteiger partial charge is 0.496 e. The van der Waals surface area contributed by atoms with Crippen molar-refractivity contribution in [2.24, 2.45) is 0 Å². The van der Waals surface area contributed by atoms with E-state index in [9.17, 15) is 4.79 Å². The molecular weight excluding hydrogens is 374 g/mol. The molecule has 2 heterocycles. The lowest BCUT2D eigenvalue weighted by Crippen LogP contribution is -2.29. The highest BCUT2D eigenvalue weighted by molar-refractivity contribution is 5.85. The number of hydrogen-bond acceptors (Lipinski definition) is 4. The van der Waals surface area contributed by atoms with Crippen LogP contribution < -0.4 is 10.2 Å². The number of nitrogens with zero attached hydrogens (tertiary/aromatic N) is 1. The van der Waals surface area contributed by atoms with Gasteiger partial charge in [0, 0.05) is 23.2 Å². The first-order valence-corrected chi connectivity index (χ1v) is 9.59. The van der Waals surface area contributed by atoms with E-state index in [-0.39, 0.29) is 17.8 Å². The summed E-state index contributed by atoms with van der Waals surface area (Å²) in [6.45, 7) is 4.94. The van der Waals surface area contributed by atoms with Crippen LogP contribution in [0, 0.1) is 6.92 Å². The van der Waals surface area contributed by atoms with Gasteiger partial charge in [-0.15, -0.1) is 12.4 Å². The Balaban J connectivity index is 0.00000225. The molecule has 0 amide bonds. The van der Waals surface area contributed by atoms with Gasteiger partial charge in [-0.2, -0.15) is 0 Å². The SMILES string of the molecule is COc1ccc(-c2oc3ccccc3c(=O)c2C)cc1CN1CCCCC1.Cl. The van der Waals surface area contributed by atoms with E-state index < -0.39 is 0 Å². The molecule has 0 saturated carbocycles. The Morgan fingerprint density at radius 2 is 1.82 bits per heavy atom. The number of benzene rings is 2. The molecule has 0 N–H and O–H groups in total. The summed E-state index contributed by atoms with van der Waals surface area (Å²) in [4.78, 5) is 15.2. The molecule has 5 heteroatoms. The van der Waals surface area contributed by atoms with Gasteiger partial charge in [-0.1, -0.05) is 18.6 Å². The maximum Gasteiger partial charge on any atom is 0.196 e. The topological polar surface area (TPSA) is 42.7 Å². The third kappa shape index (κ3) is 3.94. The van der Waals surface area contributed by atoms with E-state index >= 15 is 0 Å². The van der Waals surface area contributed by atoms with Crippen LogP contribution in [-0.4, -0.2) is 25.1 Å². The highest BCUT2D eigenvalue weighted by atomic mass is 35.5. The summed E-state index contributed by atoms with van der Waals surface area (Å²) >= 11 is 0. The fourth-order valence-corrected chi connectivity index (χ4v) is 3.91. The third-order valence-corrected chi connectivity index (χ3v) is 5.41. The Labute approximate surface area is 171 Å². The molecule has 0 aliphatic carbocycles. The summed E-state index contributed by atoms with van der Waals surface area (Å²) in [7, 11) is 1.70. The molecule has 0 unspecified atom stereocenters. The van der Waals surface area contributed by atoms with Crippen molar-refractivity contribution in [1.29, 1.82) is 0 Å². The summed E-state index contributed by atoms with van der Waals surface area (Å²) in [6.07, 6.45) is 3.82. The van der Waals surface area contributed by atoms with Crippen LogP contribution in [0.25, 0.3) is 22.3 Å². The van der Waals surface area contributed by atoms with Gasteiger partial charge >= 0.3 is 0 Å². The minimum absolute atomic E-state index is 0. The maximum atomic E-state index is 12.8. The number of piperidine rings is 1. The molecule has 1 saturated heterocycles. The number of rotatable bonds is 4. The van der Waals surface area contributed by atoms with Crippen molar-refractivity contribution in [1.82, 2.24) is 4.90 Å². The van der Waals surface area contributed by atoms with Gasteiger partial charge in [0.15, 0.2) is 5.43 Å².